The van der Waals surface area contributed by atoms with Crippen LogP contribution >= 0.6 is 0 Å². The van der Waals surface area contributed by atoms with Crippen LogP contribution in [0.25, 0.3) is 0 Å². The lowest BCUT2D eigenvalue weighted by Crippen LogP contribution is -2.19. The Morgan fingerprint density at radius 2 is 1.76 bits per heavy atom. The highest BCUT2D eigenvalue weighted by atomic mass is 19.4. The molecule has 0 aromatic heterocycles. The molecular weight excluding hydrogens is 248 g/mol. The third-order valence-electron chi connectivity index (χ3n) is 2.15. The summed E-state index contributed by atoms with van der Waals surface area (Å²) >= 11 is 0. The summed E-state index contributed by atoms with van der Waals surface area (Å²) in [6.07, 6.45) is -8.55. The van der Waals surface area contributed by atoms with Gasteiger partial charge in [0.1, 0.15) is 5.82 Å². The van der Waals surface area contributed by atoms with Gasteiger partial charge in [0.25, 0.3) is 0 Å². The SMILES string of the molecule is N[C@H](CC(F)F)c1ccc(F)cc1C(F)(F)F. The first kappa shape index (κ1) is 13.8. The molecule has 0 aliphatic heterocycles. The molecule has 96 valence electrons. The number of halogens is 6. The molecule has 0 aliphatic carbocycles. The monoisotopic (exact) mass is 257 g/mol. The van der Waals surface area contributed by atoms with E-state index in [1.807, 2.05) is 0 Å². The van der Waals surface area contributed by atoms with Crippen molar-refractivity contribution >= 4 is 0 Å². The molecule has 0 heterocycles. The Balaban J connectivity index is 3.15. The van der Waals surface area contributed by atoms with Crippen LogP contribution in [0.15, 0.2) is 18.2 Å². The maximum Gasteiger partial charge on any atom is 0.416 e. The predicted molar refractivity (Wildman–Crippen MR) is 49.0 cm³/mol. The van der Waals surface area contributed by atoms with E-state index in [9.17, 15) is 26.3 Å². The van der Waals surface area contributed by atoms with Gasteiger partial charge in [0.2, 0.25) is 6.43 Å². The summed E-state index contributed by atoms with van der Waals surface area (Å²) in [6.45, 7) is 0. The number of nitrogens with two attached hydrogens (primary N) is 1. The van der Waals surface area contributed by atoms with Crippen LogP contribution in [0.3, 0.4) is 0 Å². The highest BCUT2D eigenvalue weighted by Crippen LogP contribution is 2.35. The van der Waals surface area contributed by atoms with Gasteiger partial charge in [-0.05, 0) is 17.7 Å². The van der Waals surface area contributed by atoms with Gasteiger partial charge in [-0.2, -0.15) is 13.2 Å². The Kier molecular flexibility index (Phi) is 4.03. The van der Waals surface area contributed by atoms with Crippen molar-refractivity contribution in [1.29, 1.82) is 0 Å². The van der Waals surface area contributed by atoms with Gasteiger partial charge in [-0.25, -0.2) is 13.2 Å². The Bertz CT molecular complexity index is 387. The van der Waals surface area contributed by atoms with Crippen LogP contribution in [0.5, 0.6) is 0 Å². The summed E-state index contributed by atoms with van der Waals surface area (Å²) < 4.78 is 74.3. The van der Waals surface area contributed by atoms with Gasteiger partial charge in [-0.15, -0.1) is 0 Å². The van der Waals surface area contributed by atoms with Gasteiger partial charge in [-0.1, -0.05) is 6.07 Å². The zero-order chi connectivity index (χ0) is 13.2. The van der Waals surface area contributed by atoms with Gasteiger partial charge in [0, 0.05) is 12.5 Å². The van der Waals surface area contributed by atoms with Crippen LogP contribution < -0.4 is 5.73 Å². The fourth-order valence-corrected chi connectivity index (χ4v) is 1.42. The minimum absolute atomic E-state index is 0.251. The molecule has 1 nitrogen and oxygen atoms in total. The molecule has 0 saturated carbocycles. The molecule has 0 fully saturated rings. The second kappa shape index (κ2) is 4.95. The maximum absolute atomic E-state index is 12.7. The molecule has 1 aromatic carbocycles. The fraction of sp³-hybridized carbons (Fsp3) is 0.400. The second-order valence-corrected chi connectivity index (χ2v) is 3.46. The Hall–Kier alpha value is -1.24. The highest BCUT2D eigenvalue weighted by molar-refractivity contribution is 5.32. The zero-order valence-electron chi connectivity index (χ0n) is 8.44. The van der Waals surface area contributed by atoms with E-state index in [0.29, 0.717) is 0 Å². The summed E-state index contributed by atoms with van der Waals surface area (Å²) in [4.78, 5) is 0. The average Bonchev–Trinajstić information content (AvgIpc) is 2.14. The van der Waals surface area contributed by atoms with Gasteiger partial charge < -0.3 is 5.73 Å². The molecule has 1 rings (SSSR count). The third kappa shape index (κ3) is 3.62. The molecule has 7 heteroatoms. The summed E-state index contributed by atoms with van der Waals surface area (Å²) in [6, 6.07) is 0.314. The molecule has 0 unspecified atom stereocenters. The Labute approximate surface area is 93.2 Å². The lowest BCUT2D eigenvalue weighted by atomic mass is 9.98. The van der Waals surface area contributed by atoms with Crippen molar-refractivity contribution in [1.82, 2.24) is 0 Å². The lowest BCUT2D eigenvalue weighted by Gasteiger charge is -2.18. The third-order valence-corrected chi connectivity index (χ3v) is 2.15. The quantitative estimate of drug-likeness (QED) is 0.824. The van der Waals surface area contributed by atoms with E-state index in [4.69, 9.17) is 5.73 Å². The van der Waals surface area contributed by atoms with Gasteiger partial charge in [-0.3, -0.25) is 0 Å². The lowest BCUT2D eigenvalue weighted by molar-refractivity contribution is -0.138. The van der Waals surface area contributed by atoms with Gasteiger partial charge >= 0.3 is 6.18 Å². The number of hydrogen-bond donors (Lipinski definition) is 1. The standard InChI is InChI=1S/C10H9F6N/c11-5-1-2-6(8(17)4-9(12)13)7(3-5)10(14,15)16/h1-3,8-9H,4,17H2/t8-/m1/s1. The van der Waals surface area contributed by atoms with Crippen LogP contribution in [0.1, 0.15) is 23.6 Å². The molecular formula is C10H9F6N. The van der Waals surface area contributed by atoms with Crippen molar-refractivity contribution in [2.24, 2.45) is 5.73 Å². The fourth-order valence-electron chi connectivity index (χ4n) is 1.42. The van der Waals surface area contributed by atoms with Crippen molar-refractivity contribution in [3.8, 4) is 0 Å². The number of rotatable bonds is 3. The van der Waals surface area contributed by atoms with Crippen LogP contribution in [0.4, 0.5) is 26.3 Å². The molecule has 2 N–H and O–H groups in total. The molecule has 17 heavy (non-hydrogen) atoms. The van der Waals surface area contributed by atoms with Crippen molar-refractivity contribution in [3.05, 3.63) is 35.1 Å². The molecule has 0 radical (unpaired) electrons. The smallest absolute Gasteiger partial charge is 0.324 e. The maximum atomic E-state index is 12.7. The molecule has 0 amide bonds. The van der Waals surface area contributed by atoms with Crippen molar-refractivity contribution in [2.45, 2.75) is 25.1 Å². The number of alkyl halides is 5. The molecule has 1 atom stereocenters. The summed E-state index contributed by atoms with van der Waals surface area (Å²) in [7, 11) is 0. The first-order valence-corrected chi connectivity index (χ1v) is 4.62. The zero-order valence-corrected chi connectivity index (χ0v) is 8.44. The Morgan fingerprint density at radius 1 is 1.18 bits per heavy atom. The van der Waals surface area contributed by atoms with E-state index < -0.39 is 42.0 Å². The first-order chi connectivity index (χ1) is 7.71. The Morgan fingerprint density at radius 3 is 2.24 bits per heavy atom. The van der Waals surface area contributed by atoms with E-state index in [-0.39, 0.29) is 6.07 Å². The van der Waals surface area contributed by atoms with Gasteiger partial charge in [0.05, 0.1) is 5.56 Å². The molecule has 1 aromatic rings. The van der Waals surface area contributed by atoms with Crippen molar-refractivity contribution < 1.29 is 26.3 Å². The van der Waals surface area contributed by atoms with Crippen LogP contribution in [-0.2, 0) is 6.18 Å². The summed E-state index contributed by atoms with van der Waals surface area (Å²) in [5, 5.41) is 0. The van der Waals surface area contributed by atoms with Crippen LogP contribution in [-0.4, -0.2) is 6.43 Å². The predicted octanol–water partition coefficient (Wildman–Crippen LogP) is 3.50. The molecule has 0 aliphatic rings. The topological polar surface area (TPSA) is 26.0 Å². The molecule has 0 bridgehead atoms. The molecule has 0 saturated heterocycles. The van der Waals surface area contributed by atoms with E-state index >= 15 is 0 Å². The van der Waals surface area contributed by atoms with Crippen LogP contribution in [0, 0.1) is 5.82 Å². The second-order valence-electron chi connectivity index (χ2n) is 3.46. The highest BCUT2D eigenvalue weighted by Gasteiger charge is 2.35. The van der Waals surface area contributed by atoms with Gasteiger partial charge in [0.15, 0.2) is 0 Å². The number of benzene rings is 1. The molecule has 0 spiro atoms. The largest absolute Gasteiger partial charge is 0.416 e. The van der Waals surface area contributed by atoms with E-state index in [2.05, 4.69) is 0 Å². The average molecular weight is 257 g/mol. The van der Waals surface area contributed by atoms with E-state index in [1.54, 1.807) is 0 Å². The van der Waals surface area contributed by atoms with E-state index in [0.717, 1.165) is 12.1 Å². The first-order valence-electron chi connectivity index (χ1n) is 4.62. The van der Waals surface area contributed by atoms with Crippen molar-refractivity contribution in [3.63, 3.8) is 0 Å². The minimum atomic E-state index is -4.82. The minimum Gasteiger partial charge on any atom is -0.324 e. The normalized spacial score (nSPS) is 14.1. The summed E-state index contributed by atoms with van der Waals surface area (Å²) in [5.41, 5.74) is 3.40. The van der Waals surface area contributed by atoms with Crippen molar-refractivity contribution in [2.75, 3.05) is 0 Å². The summed E-state index contributed by atoms with van der Waals surface area (Å²) in [5.74, 6) is -1.09. The van der Waals surface area contributed by atoms with E-state index in [1.165, 1.54) is 0 Å². The number of hydrogen-bond acceptors (Lipinski definition) is 1. The van der Waals surface area contributed by atoms with Crippen LogP contribution in [0.2, 0.25) is 0 Å².